The molecule has 3 aromatic rings. The van der Waals surface area contributed by atoms with Gasteiger partial charge in [0.25, 0.3) is 0 Å². The minimum absolute atomic E-state index is 1.13. The van der Waals surface area contributed by atoms with Crippen molar-refractivity contribution in [1.29, 1.82) is 0 Å². The average Bonchev–Trinajstić information content (AvgIpc) is 3.07. The zero-order valence-corrected chi connectivity index (χ0v) is 14.2. The molecule has 0 unspecified atom stereocenters. The fourth-order valence-corrected chi connectivity index (χ4v) is 3.82. The molecule has 3 rings (SSSR count). The third-order valence-corrected chi connectivity index (χ3v) is 5.12. The fraction of sp³-hybridized carbons (Fsp3) is 0.350. The Hall–Kier alpha value is -1.67. The van der Waals surface area contributed by atoms with Gasteiger partial charge in [-0.15, -0.1) is 11.3 Å². The van der Waals surface area contributed by atoms with Crippen molar-refractivity contribution in [2.45, 2.75) is 46.0 Å². The van der Waals surface area contributed by atoms with Gasteiger partial charge in [0.05, 0.1) is 10.6 Å². The molecule has 0 amide bonds. The summed E-state index contributed by atoms with van der Waals surface area (Å²) in [7, 11) is 0. The lowest BCUT2D eigenvalue weighted by Crippen LogP contribution is -1.98. The molecule has 1 nitrogen and oxygen atoms in total. The molecule has 0 bridgehead atoms. The lowest BCUT2D eigenvalue weighted by molar-refractivity contribution is 0.668. The Bertz CT molecular complexity index is 744. The zero-order valence-electron chi connectivity index (χ0n) is 13.4. The predicted molar refractivity (Wildman–Crippen MR) is 97.6 cm³/mol. The topological polar surface area (TPSA) is 12.9 Å². The summed E-state index contributed by atoms with van der Waals surface area (Å²) in [6.07, 6.45) is 6.29. The molecule has 0 aliphatic rings. The third kappa shape index (κ3) is 3.07. The Morgan fingerprint density at radius 1 is 0.955 bits per heavy atom. The summed E-state index contributed by atoms with van der Waals surface area (Å²) in [6, 6.07) is 13.0. The van der Waals surface area contributed by atoms with E-state index in [0.717, 1.165) is 12.1 Å². The van der Waals surface area contributed by atoms with E-state index in [-0.39, 0.29) is 0 Å². The zero-order chi connectivity index (χ0) is 15.4. The first kappa shape index (κ1) is 15.2. The van der Waals surface area contributed by atoms with E-state index >= 15 is 0 Å². The van der Waals surface area contributed by atoms with Crippen LogP contribution in [0.25, 0.3) is 21.3 Å². The summed E-state index contributed by atoms with van der Waals surface area (Å²) in [5.41, 5.74) is 3.76. The van der Waals surface area contributed by atoms with Crippen LogP contribution >= 0.6 is 11.3 Å². The molecular weight excluding hydrogens is 286 g/mol. The molecule has 2 aromatic heterocycles. The van der Waals surface area contributed by atoms with E-state index in [2.05, 4.69) is 55.6 Å². The Kier molecular flexibility index (Phi) is 4.89. The van der Waals surface area contributed by atoms with Gasteiger partial charge in [0.15, 0.2) is 0 Å². The summed E-state index contributed by atoms with van der Waals surface area (Å²) in [5.74, 6) is 0. The number of pyridine rings is 1. The van der Waals surface area contributed by atoms with Crippen molar-refractivity contribution in [3.05, 3.63) is 53.0 Å². The van der Waals surface area contributed by atoms with E-state index in [1.807, 2.05) is 0 Å². The highest BCUT2D eigenvalue weighted by molar-refractivity contribution is 7.13. The molecule has 0 saturated carbocycles. The van der Waals surface area contributed by atoms with Crippen LogP contribution in [-0.4, -0.2) is 4.98 Å². The molecule has 114 valence electrons. The number of unbranched alkanes of at least 4 members (excludes halogenated alkanes) is 3. The summed E-state index contributed by atoms with van der Waals surface area (Å²) in [5, 5.41) is 4.82. The Morgan fingerprint density at radius 3 is 2.50 bits per heavy atom. The van der Waals surface area contributed by atoms with Gasteiger partial charge in [-0.25, -0.2) is 0 Å². The molecule has 22 heavy (non-hydrogen) atoms. The maximum absolute atomic E-state index is 4.95. The van der Waals surface area contributed by atoms with Crippen LogP contribution in [0, 0.1) is 6.92 Å². The molecule has 0 saturated heterocycles. The standard InChI is InChI=1S/C20H23NS/c1-3-4-5-6-12-18-17-11-8-7-10-16(17)15(2)21-20(18)19-13-9-14-22-19/h7-11,13-14H,3-6,12H2,1-2H3. The van der Waals surface area contributed by atoms with Crippen molar-refractivity contribution in [3.8, 4) is 10.6 Å². The summed E-state index contributed by atoms with van der Waals surface area (Å²) >= 11 is 1.79. The number of hydrogen-bond acceptors (Lipinski definition) is 2. The lowest BCUT2D eigenvalue weighted by atomic mass is 9.96. The number of thiophene rings is 1. The molecule has 2 heterocycles. The highest BCUT2D eigenvalue weighted by atomic mass is 32.1. The van der Waals surface area contributed by atoms with E-state index in [9.17, 15) is 0 Å². The van der Waals surface area contributed by atoms with Crippen molar-refractivity contribution in [2.75, 3.05) is 0 Å². The van der Waals surface area contributed by atoms with Gasteiger partial charge in [0, 0.05) is 11.1 Å². The Morgan fingerprint density at radius 2 is 1.77 bits per heavy atom. The van der Waals surface area contributed by atoms with Gasteiger partial charge in [-0.1, -0.05) is 56.5 Å². The van der Waals surface area contributed by atoms with Crippen LogP contribution < -0.4 is 0 Å². The second-order valence-electron chi connectivity index (χ2n) is 5.86. The molecule has 0 atom stereocenters. The minimum Gasteiger partial charge on any atom is -0.251 e. The molecule has 0 spiro atoms. The Labute approximate surface area is 137 Å². The first-order valence-electron chi connectivity index (χ1n) is 8.23. The maximum Gasteiger partial charge on any atom is 0.0843 e. The lowest BCUT2D eigenvalue weighted by Gasteiger charge is -2.13. The summed E-state index contributed by atoms with van der Waals surface area (Å²) in [4.78, 5) is 6.24. The smallest absolute Gasteiger partial charge is 0.0843 e. The predicted octanol–water partition coefficient (Wildman–Crippen LogP) is 6.39. The van der Waals surface area contributed by atoms with Crippen LogP contribution in [0.1, 0.15) is 43.9 Å². The summed E-state index contributed by atoms with van der Waals surface area (Å²) < 4.78 is 0. The fourth-order valence-electron chi connectivity index (χ4n) is 3.08. The van der Waals surface area contributed by atoms with Gasteiger partial charge in [0.2, 0.25) is 0 Å². The van der Waals surface area contributed by atoms with Crippen LogP contribution in [0.4, 0.5) is 0 Å². The number of aryl methyl sites for hydroxylation is 2. The number of rotatable bonds is 6. The molecular formula is C20H23NS. The minimum atomic E-state index is 1.13. The van der Waals surface area contributed by atoms with Gasteiger partial charge < -0.3 is 0 Å². The second-order valence-corrected chi connectivity index (χ2v) is 6.81. The third-order valence-electron chi connectivity index (χ3n) is 4.24. The van der Waals surface area contributed by atoms with Crippen LogP contribution in [0.2, 0.25) is 0 Å². The Balaban J connectivity index is 2.08. The molecule has 0 N–H and O–H groups in total. The highest BCUT2D eigenvalue weighted by Crippen LogP contribution is 2.33. The molecule has 0 aliphatic heterocycles. The largest absolute Gasteiger partial charge is 0.251 e. The maximum atomic E-state index is 4.95. The van der Waals surface area contributed by atoms with Gasteiger partial charge in [-0.3, -0.25) is 4.98 Å². The van der Waals surface area contributed by atoms with Crippen molar-refractivity contribution in [1.82, 2.24) is 4.98 Å². The van der Waals surface area contributed by atoms with E-state index in [4.69, 9.17) is 4.98 Å². The van der Waals surface area contributed by atoms with Crippen LogP contribution in [0.3, 0.4) is 0 Å². The number of hydrogen-bond donors (Lipinski definition) is 0. The van der Waals surface area contributed by atoms with Crippen LogP contribution in [0.15, 0.2) is 41.8 Å². The monoisotopic (exact) mass is 309 g/mol. The van der Waals surface area contributed by atoms with Crippen LogP contribution in [-0.2, 0) is 6.42 Å². The quantitative estimate of drug-likeness (QED) is 0.480. The first-order valence-corrected chi connectivity index (χ1v) is 9.11. The van der Waals surface area contributed by atoms with Gasteiger partial charge in [0.1, 0.15) is 0 Å². The molecule has 0 radical (unpaired) electrons. The normalized spacial score (nSPS) is 11.2. The van der Waals surface area contributed by atoms with Gasteiger partial charge in [-0.2, -0.15) is 0 Å². The highest BCUT2D eigenvalue weighted by Gasteiger charge is 2.13. The summed E-state index contributed by atoms with van der Waals surface area (Å²) in [6.45, 7) is 4.39. The van der Waals surface area contributed by atoms with Crippen molar-refractivity contribution in [2.24, 2.45) is 0 Å². The van der Waals surface area contributed by atoms with Crippen molar-refractivity contribution >= 4 is 22.1 Å². The average molecular weight is 309 g/mol. The number of benzene rings is 1. The van der Waals surface area contributed by atoms with Crippen LogP contribution in [0.5, 0.6) is 0 Å². The van der Waals surface area contributed by atoms with Crippen molar-refractivity contribution in [3.63, 3.8) is 0 Å². The van der Waals surface area contributed by atoms with Crippen molar-refractivity contribution < 1.29 is 0 Å². The molecule has 2 heteroatoms. The van der Waals surface area contributed by atoms with E-state index in [1.54, 1.807) is 11.3 Å². The van der Waals surface area contributed by atoms with E-state index in [1.165, 1.54) is 52.6 Å². The SMILES string of the molecule is CCCCCCc1c(-c2cccs2)nc(C)c2ccccc12. The molecule has 0 aliphatic carbocycles. The van der Waals surface area contributed by atoms with E-state index < -0.39 is 0 Å². The molecule has 0 fully saturated rings. The first-order chi connectivity index (χ1) is 10.8. The van der Waals surface area contributed by atoms with Gasteiger partial charge in [-0.05, 0) is 42.2 Å². The molecule has 1 aromatic carbocycles. The number of nitrogens with zero attached hydrogens (tertiary/aromatic N) is 1. The number of aromatic nitrogens is 1. The number of fused-ring (bicyclic) bond motifs is 1. The van der Waals surface area contributed by atoms with Gasteiger partial charge >= 0.3 is 0 Å². The van der Waals surface area contributed by atoms with E-state index in [0.29, 0.717) is 0 Å². The second kappa shape index (κ2) is 7.06.